The number of rotatable bonds is 3. The smallest absolute Gasteiger partial charge is 0.173 e. The van der Waals surface area contributed by atoms with E-state index in [0.29, 0.717) is 24.2 Å². The van der Waals surface area contributed by atoms with Gasteiger partial charge in [-0.05, 0) is 48.3 Å². The van der Waals surface area contributed by atoms with Crippen molar-refractivity contribution in [3.05, 3.63) is 77.4 Å². The highest BCUT2D eigenvalue weighted by Crippen LogP contribution is 2.59. The average molecular weight is 316 g/mol. The van der Waals surface area contributed by atoms with E-state index >= 15 is 0 Å². The molecule has 2 nitrogen and oxygen atoms in total. The van der Waals surface area contributed by atoms with Gasteiger partial charge in [-0.25, -0.2) is 0 Å². The van der Waals surface area contributed by atoms with E-state index < -0.39 is 0 Å². The summed E-state index contributed by atoms with van der Waals surface area (Å²) in [5.41, 5.74) is 2.95. The second kappa shape index (κ2) is 5.07. The molecule has 1 fully saturated rings. The van der Waals surface area contributed by atoms with Crippen LogP contribution in [0.5, 0.6) is 5.75 Å². The van der Waals surface area contributed by atoms with Crippen molar-refractivity contribution < 1.29 is 9.53 Å². The van der Waals surface area contributed by atoms with Gasteiger partial charge in [-0.1, -0.05) is 54.6 Å². The number of carbonyl (C=O) groups is 1. The number of hydrogen-bond acceptors (Lipinski definition) is 2. The van der Waals surface area contributed by atoms with E-state index in [0.717, 1.165) is 36.1 Å². The third-order valence-electron chi connectivity index (χ3n) is 6.04. The fraction of sp³-hybridized carbons (Fsp3) is 0.318. The van der Waals surface area contributed by atoms with Crippen molar-refractivity contribution in [1.29, 1.82) is 0 Å². The van der Waals surface area contributed by atoms with E-state index in [-0.39, 0.29) is 5.41 Å². The number of allylic oxidation sites excluding steroid dienone is 2. The third kappa shape index (κ3) is 1.92. The Bertz CT molecular complexity index is 836. The molecule has 1 saturated carbocycles. The summed E-state index contributed by atoms with van der Waals surface area (Å²) in [6.07, 6.45) is 7.64. The molecule has 0 radical (unpaired) electrons. The third-order valence-corrected chi connectivity index (χ3v) is 6.04. The normalized spacial score (nSPS) is 29.4. The fourth-order valence-electron chi connectivity index (χ4n) is 4.93. The van der Waals surface area contributed by atoms with Gasteiger partial charge < -0.3 is 4.74 Å². The van der Waals surface area contributed by atoms with Gasteiger partial charge in [0.1, 0.15) is 12.4 Å². The number of benzene rings is 2. The molecular formula is C22H20O2. The summed E-state index contributed by atoms with van der Waals surface area (Å²) in [4.78, 5) is 13.3. The first-order valence-corrected chi connectivity index (χ1v) is 8.78. The molecule has 3 aliphatic carbocycles. The van der Waals surface area contributed by atoms with Crippen molar-refractivity contribution in [2.24, 2.45) is 17.3 Å². The van der Waals surface area contributed by atoms with Crippen LogP contribution in [0, 0.1) is 17.3 Å². The van der Waals surface area contributed by atoms with Crippen LogP contribution < -0.4 is 4.74 Å². The summed E-state index contributed by atoms with van der Waals surface area (Å²) < 4.78 is 6.05. The molecule has 2 heteroatoms. The molecule has 0 aromatic heterocycles. The van der Waals surface area contributed by atoms with E-state index in [4.69, 9.17) is 4.74 Å². The zero-order chi connectivity index (χ0) is 16.1. The number of ether oxygens (including phenoxy) is 1. The Kier molecular flexibility index (Phi) is 2.97. The van der Waals surface area contributed by atoms with Gasteiger partial charge in [-0.15, -0.1) is 0 Å². The second-order valence-electron chi connectivity index (χ2n) is 7.42. The topological polar surface area (TPSA) is 26.3 Å². The van der Waals surface area contributed by atoms with Crippen molar-refractivity contribution in [2.75, 3.05) is 0 Å². The number of hydrogen-bond donors (Lipinski definition) is 0. The van der Waals surface area contributed by atoms with Crippen LogP contribution in [-0.4, -0.2) is 5.78 Å². The van der Waals surface area contributed by atoms with Crippen LogP contribution in [0.15, 0.2) is 60.7 Å². The van der Waals surface area contributed by atoms with Crippen molar-refractivity contribution in [3.63, 3.8) is 0 Å². The first kappa shape index (κ1) is 14.0. The van der Waals surface area contributed by atoms with Gasteiger partial charge in [0.25, 0.3) is 0 Å². The highest BCUT2D eigenvalue weighted by atomic mass is 16.5. The van der Waals surface area contributed by atoms with Crippen molar-refractivity contribution in [3.8, 4) is 5.75 Å². The summed E-state index contributed by atoms with van der Waals surface area (Å²) in [5.74, 6) is 2.09. The predicted octanol–water partition coefficient (Wildman–Crippen LogP) is 4.59. The molecule has 2 bridgehead atoms. The van der Waals surface area contributed by atoms with Gasteiger partial charge in [-0.3, -0.25) is 4.79 Å². The summed E-state index contributed by atoms with van der Waals surface area (Å²) in [5, 5.41) is 0. The minimum absolute atomic E-state index is 0.187. The Morgan fingerprint density at radius 3 is 2.67 bits per heavy atom. The molecule has 0 amide bonds. The molecule has 24 heavy (non-hydrogen) atoms. The lowest BCUT2D eigenvalue weighted by atomic mass is 9.72. The van der Waals surface area contributed by atoms with E-state index in [1.165, 1.54) is 5.56 Å². The molecule has 1 spiro atoms. The molecule has 3 atom stereocenters. The quantitative estimate of drug-likeness (QED) is 0.774. The monoisotopic (exact) mass is 316 g/mol. The fourth-order valence-corrected chi connectivity index (χ4v) is 4.93. The second-order valence-corrected chi connectivity index (χ2v) is 7.42. The maximum absolute atomic E-state index is 13.3. The van der Waals surface area contributed by atoms with Crippen LogP contribution in [0.25, 0.3) is 0 Å². The number of ketones is 1. The molecule has 2 aromatic rings. The molecule has 0 heterocycles. The largest absolute Gasteiger partial charge is 0.488 e. The SMILES string of the molecule is O=C1c2c(cccc2OCc2ccccc2)C[C@@]12C[C@@H]1C=C[C@H]2C1. The lowest BCUT2D eigenvalue weighted by Gasteiger charge is -2.29. The standard InChI is InChI=1S/C22H20O2/c23-21-20-17(13-22(21)12-16-9-10-18(22)11-16)7-4-8-19(20)24-14-15-5-2-1-3-6-15/h1-10,16,18H,11-14H2/t16-,18+,22-/m1/s1. The predicted molar refractivity (Wildman–Crippen MR) is 93.0 cm³/mol. The number of Topliss-reactive ketones (excluding diaryl/α,β-unsaturated/α-hetero) is 1. The lowest BCUT2D eigenvalue weighted by Crippen LogP contribution is -2.32. The molecule has 0 unspecified atom stereocenters. The molecule has 0 aliphatic heterocycles. The summed E-state index contributed by atoms with van der Waals surface area (Å²) in [6.45, 7) is 0.504. The Hall–Kier alpha value is -2.35. The Labute approximate surface area is 142 Å². The number of fused-ring (bicyclic) bond motifs is 4. The highest BCUT2D eigenvalue weighted by molar-refractivity contribution is 6.07. The van der Waals surface area contributed by atoms with E-state index in [1.807, 2.05) is 42.5 Å². The van der Waals surface area contributed by atoms with Crippen LogP contribution >= 0.6 is 0 Å². The first-order chi connectivity index (χ1) is 11.8. The zero-order valence-electron chi connectivity index (χ0n) is 13.6. The van der Waals surface area contributed by atoms with Gasteiger partial charge in [0.15, 0.2) is 5.78 Å². The lowest BCUT2D eigenvalue weighted by molar-refractivity contribution is 0.0772. The molecule has 120 valence electrons. The van der Waals surface area contributed by atoms with Crippen molar-refractivity contribution in [2.45, 2.75) is 25.9 Å². The van der Waals surface area contributed by atoms with Crippen molar-refractivity contribution in [1.82, 2.24) is 0 Å². The van der Waals surface area contributed by atoms with Gasteiger partial charge >= 0.3 is 0 Å². The van der Waals surface area contributed by atoms with E-state index in [1.54, 1.807) is 0 Å². The highest BCUT2D eigenvalue weighted by Gasteiger charge is 2.57. The van der Waals surface area contributed by atoms with Crippen LogP contribution in [0.4, 0.5) is 0 Å². The van der Waals surface area contributed by atoms with Gasteiger partial charge in [0.05, 0.1) is 5.56 Å². The molecule has 5 rings (SSSR count). The zero-order valence-corrected chi connectivity index (χ0v) is 13.6. The minimum Gasteiger partial charge on any atom is -0.488 e. The van der Waals surface area contributed by atoms with Gasteiger partial charge in [0.2, 0.25) is 0 Å². The Morgan fingerprint density at radius 2 is 1.92 bits per heavy atom. The van der Waals surface area contributed by atoms with E-state index in [9.17, 15) is 4.79 Å². The summed E-state index contributed by atoms with van der Waals surface area (Å²) >= 11 is 0. The maximum Gasteiger partial charge on any atom is 0.173 e. The van der Waals surface area contributed by atoms with Crippen LogP contribution in [0.3, 0.4) is 0 Å². The average Bonchev–Trinajstić information content (AvgIpc) is 3.29. The molecule has 0 N–H and O–H groups in total. The minimum atomic E-state index is -0.187. The van der Waals surface area contributed by atoms with Crippen molar-refractivity contribution >= 4 is 5.78 Å². The van der Waals surface area contributed by atoms with E-state index in [2.05, 4.69) is 18.2 Å². The maximum atomic E-state index is 13.3. The Balaban J connectivity index is 1.46. The molecule has 2 aromatic carbocycles. The van der Waals surface area contributed by atoms with Gasteiger partial charge in [-0.2, -0.15) is 0 Å². The van der Waals surface area contributed by atoms with Crippen LogP contribution in [0.1, 0.15) is 34.3 Å². The van der Waals surface area contributed by atoms with Gasteiger partial charge in [0, 0.05) is 5.41 Å². The summed E-state index contributed by atoms with van der Waals surface area (Å²) in [7, 11) is 0. The Morgan fingerprint density at radius 1 is 1.04 bits per heavy atom. The first-order valence-electron chi connectivity index (χ1n) is 8.78. The number of carbonyl (C=O) groups excluding carboxylic acids is 1. The molecule has 0 saturated heterocycles. The van der Waals surface area contributed by atoms with Crippen LogP contribution in [0.2, 0.25) is 0 Å². The van der Waals surface area contributed by atoms with Crippen LogP contribution in [-0.2, 0) is 13.0 Å². The molecular weight excluding hydrogens is 296 g/mol. The summed E-state index contributed by atoms with van der Waals surface area (Å²) in [6, 6.07) is 16.2. The molecule has 3 aliphatic rings.